The molecule has 3 N–H and O–H groups in total. The first-order chi connectivity index (χ1) is 9.38. The van der Waals surface area contributed by atoms with Crippen LogP contribution in [0.2, 0.25) is 0 Å². The van der Waals surface area contributed by atoms with Gasteiger partial charge in [0.15, 0.2) is 0 Å². The molecule has 7 nitrogen and oxygen atoms in total. The zero-order valence-electron chi connectivity index (χ0n) is 10.6. The second-order valence-electron chi connectivity index (χ2n) is 3.85. The normalized spacial score (nSPS) is 9.90. The van der Waals surface area contributed by atoms with Crippen LogP contribution in [0.15, 0.2) is 22.7 Å². The monoisotopic (exact) mass is 344 g/mol. The molecule has 0 bridgehead atoms. The highest BCUT2D eigenvalue weighted by molar-refractivity contribution is 9.10. The number of rotatable bonds is 5. The molecule has 0 spiro atoms. The zero-order valence-corrected chi connectivity index (χ0v) is 12.2. The van der Waals surface area contributed by atoms with Crippen LogP contribution in [-0.4, -0.2) is 36.2 Å². The Labute approximate surface area is 123 Å². The van der Waals surface area contributed by atoms with E-state index in [1.54, 1.807) is 18.2 Å². The van der Waals surface area contributed by atoms with E-state index in [9.17, 15) is 14.4 Å². The summed E-state index contributed by atoms with van der Waals surface area (Å²) in [4.78, 5) is 32.9. The Balaban J connectivity index is 2.41. The Morgan fingerprint density at radius 1 is 1.30 bits per heavy atom. The smallest absolute Gasteiger partial charge is 0.329 e. The minimum absolute atomic E-state index is 0.501. The minimum atomic E-state index is -1.19. The molecule has 108 valence electrons. The number of amides is 3. The molecule has 0 aliphatic heterocycles. The van der Waals surface area contributed by atoms with Crippen molar-refractivity contribution in [2.24, 2.45) is 0 Å². The van der Waals surface area contributed by atoms with Crippen molar-refractivity contribution < 1.29 is 24.2 Å². The first-order valence-corrected chi connectivity index (χ1v) is 6.34. The lowest BCUT2D eigenvalue weighted by Gasteiger charge is -2.08. The molecular weight excluding hydrogens is 332 g/mol. The highest BCUT2D eigenvalue weighted by Crippen LogP contribution is 2.19. The van der Waals surface area contributed by atoms with Crippen molar-refractivity contribution in [1.82, 2.24) is 5.32 Å². The molecule has 0 aliphatic carbocycles. The molecule has 0 atom stereocenters. The average molecular weight is 345 g/mol. The van der Waals surface area contributed by atoms with E-state index < -0.39 is 31.1 Å². The lowest BCUT2D eigenvalue weighted by atomic mass is 10.2. The predicted octanol–water partition coefficient (Wildman–Crippen LogP) is 1.51. The molecule has 0 aliphatic rings. The average Bonchev–Trinajstić information content (AvgIpc) is 2.33. The molecule has 0 radical (unpaired) electrons. The molecule has 20 heavy (non-hydrogen) atoms. The van der Waals surface area contributed by atoms with E-state index in [2.05, 4.69) is 26.0 Å². The third-order valence-electron chi connectivity index (χ3n) is 2.13. The zero-order chi connectivity index (χ0) is 15.1. The topological polar surface area (TPSA) is 105 Å². The number of aryl methyl sites for hydroxylation is 1. The number of aliphatic carboxylic acids is 1. The van der Waals surface area contributed by atoms with Crippen molar-refractivity contribution in [3.05, 3.63) is 28.2 Å². The van der Waals surface area contributed by atoms with Crippen molar-refractivity contribution in [1.29, 1.82) is 0 Å². The van der Waals surface area contributed by atoms with E-state index in [1.165, 1.54) is 0 Å². The van der Waals surface area contributed by atoms with Crippen molar-refractivity contribution in [2.45, 2.75) is 6.92 Å². The maximum absolute atomic E-state index is 11.5. The summed E-state index contributed by atoms with van der Waals surface area (Å²) < 4.78 is 5.45. The lowest BCUT2D eigenvalue weighted by Crippen LogP contribution is -2.37. The number of carboxylic acid groups (broad SMARTS) is 1. The highest BCUT2D eigenvalue weighted by atomic mass is 79.9. The SMILES string of the molecule is Cc1cc(NC(=O)NC(=O)COCC(=O)O)ccc1Br. The summed E-state index contributed by atoms with van der Waals surface area (Å²) in [5, 5.41) is 12.8. The Morgan fingerprint density at radius 2 is 2.00 bits per heavy atom. The van der Waals surface area contributed by atoms with Gasteiger partial charge < -0.3 is 15.2 Å². The molecule has 1 aromatic carbocycles. The van der Waals surface area contributed by atoms with Crippen molar-refractivity contribution >= 4 is 39.5 Å². The van der Waals surface area contributed by atoms with E-state index in [-0.39, 0.29) is 0 Å². The van der Waals surface area contributed by atoms with Gasteiger partial charge in [-0.1, -0.05) is 15.9 Å². The van der Waals surface area contributed by atoms with Gasteiger partial charge in [-0.15, -0.1) is 0 Å². The first kappa shape index (κ1) is 16.1. The number of imide groups is 1. The number of carbonyl (C=O) groups excluding carboxylic acids is 2. The van der Waals surface area contributed by atoms with Gasteiger partial charge in [0.1, 0.15) is 13.2 Å². The fourth-order valence-corrected chi connectivity index (χ4v) is 1.53. The summed E-state index contributed by atoms with van der Waals surface area (Å²) >= 11 is 3.33. The number of halogens is 1. The summed E-state index contributed by atoms with van der Waals surface area (Å²) in [6.45, 7) is 0.762. The van der Waals surface area contributed by atoms with Gasteiger partial charge in [-0.2, -0.15) is 0 Å². The van der Waals surface area contributed by atoms with Crippen LogP contribution in [0.4, 0.5) is 10.5 Å². The van der Waals surface area contributed by atoms with Gasteiger partial charge in [0.2, 0.25) is 0 Å². The molecule has 0 saturated heterocycles. The number of ether oxygens (including phenoxy) is 1. The number of carboxylic acids is 1. The lowest BCUT2D eigenvalue weighted by molar-refractivity contribution is -0.143. The van der Waals surface area contributed by atoms with E-state index in [4.69, 9.17) is 5.11 Å². The molecule has 3 amide bonds. The van der Waals surface area contributed by atoms with Gasteiger partial charge >= 0.3 is 12.0 Å². The van der Waals surface area contributed by atoms with Gasteiger partial charge in [0.25, 0.3) is 5.91 Å². The molecule has 0 fully saturated rings. The van der Waals surface area contributed by atoms with Crippen LogP contribution in [0.1, 0.15) is 5.56 Å². The second-order valence-corrected chi connectivity index (χ2v) is 4.71. The largest absolute Gasteiger partial charge is 0.480 e. The number of urea groups is 1. The molecule has 8 heteroatoms. The molecule has 0 unspecified atom stereocenters. The van der Waals surface area contributed by atoms with Crippen LogP contribution in [0.5, 0.6) is 0 Å². The minimum Gasteiger partial charge on any atom is -0.480 e. The van der Waals surface area contributed by atoms with Crippen LogP contribution in [0, 0.1) is 6.92 Å². The third kappa shape index (κ3) is 5.81. The first-order valence-electron chi connectivity index (χ1n) is 5.55. The quantitative estimate of drug-likeness (QED) is 0.750. The Bertz CT molecular complexity index is 533. The van der Waals surface area contributed by atoms with Crippen LogP contribution in [-0.2, 0) is 14.3 Å². The van der Waals surface area contributed by atoms with Crippen molar-refractivity contribution in [2.75, 3.05) is 18.5 Å². The highest BCUT2D eigenvalue weighted by Gasteiger charge is 2.09. The number of carbonyl (C=O) groups is 3. The number of anilines is 1. The van der Waals surface area contributed by atoms with Gasteiger partial charge in [-0.3, -0.25) is 10.1 Å². The maximum Gasteiger partial charge on any atom is 0.329 e. The van der Waals surface area contributed by atoms with E-state index in [0.717, 1.165) is 10.0 Å². The standard InChI is InChI=1S/C12H13BrN2O5/c1-7-4-8(2-3-9(7)13)14-12(19)15-10(16)5-20-6-11(17)18/h2-4H,5-6H2,1H3,(H,17,18)(H2,14,15,16,19). The van der Waals surface area contributed by atoms with Crippen LogP contribution < -0.4 is 10.6 Å². The van der Waals surface area contributed by atoms with Crippen LogP contribution >= 0.6 is 15.9 Å². The summed E-state index contributed by atoms with van der Waals surface area (Å²) in [7, 11) is 0. The van der Waals surface area contributed by atoms with Crippen LogP contribution in [0.3, 0.4) is 0 Å². The van der Waals surface area contributed by atoms with Crippen molar-refractivity contribution in [3.8, 4) is 0 Å². The number of hydrogen-bond donors (Lipinski definition) is 3. The Morgan fingerprint density at radius 3 is 2.60 bits per heavy atom. The summed E-state index contributed by atoms with van der Waals surface area (Å²) in [5.74, 6) is -1.91. The second kappa shape index (κ2) is 7.61. The van der Waals surface area contributed by atoms with E-state index >= 15 is 0 Å². The van der Waals surface area contributed by atoms with Gasteiger partial charge in [-0.25, -0.2) is 9.59 Å². The Hall–Kier alpha value is -1.93. The summed E-state index contributed by atoms with van der Waals surface area (Å²) in [6, 6.07) is 4.45. The Kier molecular flexibility index (Phi) is 6.13. The van der Waals surface area contributed by atoms with E-state index in [1.807, 2.05) is 12.2 Å². The molecular formula is C12H13BrN2O5. The molecule has 1 rings (SSSR count). The summed E-state index contributed by atoms with van der Waals surface area (Å²) in [6.07, 6.45) is 0. The summed E-state index contributed by atoms with van der Waals surface area (Å²) in [5.41, 5.74) is 1.46. The van der Waals surface area contributed by atoms with Gasteiger partial charge in [-0.05, 0) is 30.7 Å². The predicted molar refractivity (Wildman–Crippen MR) is 74.5 cm³/mol. The molecule has 0 aromatic heterocycles. The molecule has 0 heterocycles. The molecule has 1 aromatic rings. The van der Waals surface area contributed by atoms with Crippen molar-refractivity contribution in [3.63, 3.8) is 0 Å². The fraction of sp³-hybridized carbons (Fsp3) is 0.250. The van der Waals surface area contributed by atoms with Gasteiger partial charge in [0, 0.05) is 10.2 Å². The van der Waals surface area contributed by atoms with E-state index in [0.29, 0.717) is 5.69 Å². The maximum atomic E-state index is 11.5. The number of hydrogen-bond acceptors (Lipinski definition) is 4. The number of nitrogens with one attached hydrogen (secondary N) is 2. The van der Waals surface area contributed by atoms with Gasteiger partial charge in [0.05, 0.1) is 0 Å². The third-order valence-corrected chi connectivity index (χ3v) is 3.02. The molecule has 0 saturated carbocycles. The van der Waals surface area contributed by atoms with Crippen LogP contribution in [0.25, 0.3) is 0 Å². The number of benzene rings is 1. The fourth-order valence-electron chi connectivity index (χ4n) is 1.28.